The highest BCUT2D eigenvalue weighted by Gasteiger charge is 2.19. The quantitative estimate of drug-likeness (QED) is 0.844. The normalized spacial score (nSPS) is 16.6. The third kappa shape index (κ3) is 3.00. The van der Waals surface area contributed by atoms with Gasteiger partial charge in [0.05, 0.1) is 10.7 Å². The first kappa shape index (κ1) is 13.9. The zero-order valence-electron chi connectivity index (χ0n) is 11.7. The van der Waals surface area contributed by atoms with Gasteiger partial charge in [-0.25, -0.2) is 0 Å². The molecule has 1 fully saturated rings. The molecule has 1 aromatic heterocycles. The first-order valence-corrected chi connectivity index (χ1v) is 8.24. The van der Waals surface area contributed by atoms with Crippen LogP contribution in [0.3, 0.4) is 0 Å². The standard InChI is InChI=1S/C16H19ClN2S/c1-13-6-11-20-16(13)12-18-7-9-19(10-8-18)15-5-3-2-4-14(15)17/h2-6,11H,7-10,12H2,1H3. The minimum atomic E-state index is 0.857. The third-order valence-corrected chi connectivity index (χ3v) is 5.23. The van der Waals surface area contributed by atoms with E-state index in [1.807, 2.05) is 23.5 Å². The van der Waals surface area contributed by atoms with Crippen LogP contribution < -0.4 is 4.90 Å². The van der Waals surface area contributed by atoms with Crippen LogP contribution in [0.4, 0.5) is 5.69 Å². The Hall–Kier alpha value is -1.03. The molecule has 0 radical (unpaired) electrons. The summed E-state index contributed by atoms with van der Waals surface area (Å²) in [7, 11) is 0. The summed E-state index contributed by atoms with van der Waals surface area (Å²) in [5.74, 6) is 0. The molecule has 1 aromatic carbocycles. The van der Waals surface area contributed by atoms with Gasteiger partial charge in [-0.3, -0.25) is 4.90 Å². The number of hydrogen-bond acceptors (Lipinski definition) is 3. The second-order valence-corrected chi connectivity index (χ2v) is 6.65. The van der Waals surface area contributed by atoms with E-state index in [4.69, 9.17) is 11.6 Å². The van der Waals surface area contributed by atoms with Crippen LogP contribution in [-0.2, 0) is 6.54 Å². The average Bonchev–Trinajstić information content (AvgIpc) is 2.86. The first-order chi connectivity index (χ1) is 9.74. The van der Waals surface area contributed by atoms with E-state index in [1.54, 1.807) is 0 Å². The molecule has 20 heavy (non-hydrogen) atoms. The fraction of sp³-hybridized carbons (Fsp3) is 0.375. The molecule has 0 bridgehead atoms. The van der Waals surface area contributed by atoms with Gasteiger partial charge in [-0.05, 0) is 36.1 Å². The number of piperazine rings is 1. The number of anilines is 1. The van der Waals surface area contributed by atoms with E-state index in [0.717, 1.165) is 37.7 Å². The SMILES string of the molecule is Cc1ccsc1CN1CCN(c2ccccc2Cl)CC1. The van der Waals surface area contributed by atoms with Gasteiger partial charge in [-0.15, -0.1) is 11.3 Å². The Balaban J connectivity index is 1.60. The molecule has 0 amide bonds. The largest absolute Gasteiger partial charge is 0.368 e. The predicted molar refractivity (Wildman–Crippen MR) is 88.0 cm³/mol. The molecular weight excluding hydrogens is 288 g/mol. The second kappa shape index (κ2) is 6.17. The van der Waals surface area contributed by atoms with Crippen molar-refractivity contribution in [3.63, 3.8) is 0 Å². The van der Waals surface area contributed by atoms with Gasteiger partial charge in [0.1, 0.15) is 0 Å². The Bertz CT molecular complexity index is 573. The molecule has 0 unspecified atom stereocenters. The Labute approximate surface area is 129 Å². The van der Waals surface area contributed by atoms with Crippen molar-refractivity contribution in [2.75, 3.05) is 31.1 Å². The molecule has 0 atom stereocenters. The van der Waals surface area contributed by atoms with Gasteiger partial charge in [0, 0.05) is 37.6 Å². The van der Waals surface area contributed by atoms with Crippen molar-refractivity contribution in [2.45, 2.75) is 13.5 Å². The molecule has 1 aliphatic heterocycles. The average molecular weight is 307 g/mol. The summed E-state index contributed by atoms with van der Waals surface area (Å²) in [5.41, 5.74) is 2.59. The van der Waals surface area contributed by atoms with Gasteiger partial charge in [-0.1, -0.05) is 23.7 Å². The van der Waals surface area contributed by atoms with Gasteiger partial charge in [0.15, 0.2) is 0 Å². The Kier molecular flexibility index (Phi) is 4.29. The van der Waals surface area contributed by atoms with E-state index in [1.165, 1.54) is 16.1 Å². The van der Waals surface area contributed by atoms with Crippen LogP contribution in [0.25, 0.3) is 0 Å². The van der Waals surface area contributed by atoms with Crippen molar-refractivity contribution < 1.29 is 0 Å². The zero-order valence-corrected chi connectivity index (χ0v) is 13.3. The zero-order chi connectivity index (χ0) is 13.9. The molecule has 0 saturated carbocycles. The van der Waals surface area contributed by atoms with Gasteiger partial charge >= 0.3 is 0 Å². The molecule has 0 spiro atoms. The smallest absolute Gasteiger partial charge is 0.0639 e. The van der Waals surface area contributed by atoms with Crippen molar-refractivity contribution in [2.24, 2.45) is 0 Å². The number of nitrogens with zero attached hydrogens (tertiary/aromatic N) is 2. The summed E-state index contributed by atoms with van der Waals surface area (Å²) in [5, 5.41) is 3.04. The third-order valence-electron chi connectivity index (χ3n) is 3.90. The molecule has 1 aliphatic rings. The number of rotatable bonds is 3. The molecule has 4 heteroatoms. The number of thiophene rings is 1. The van der Waals surface area contributed by atoms with Crippen LogP contribution in [0, 0.1) is 6.92 Å². The minimum absolute atomic E-state index is 0.857. The lowest BCUT2D eigenvalue weighted by Gasteiger charge is -2.36. The van der Waals surface area contributed by atoms with Crippen molar-refractivity contribution in [1.82, 2.24) is 4.90 Å². The summed E-state index contributed by atoms with van der Waals surface area (Å²) < 4.78 is 0. The van der Waals surface area contributed by atoms with Crippen LogP contribution in [0.5, 0.6) is 0 Å². The fourth-order valence-corrected chi connectivity index (χ4v) is 3.83. The number of aryl methyl sites for hydroxylation is 1. The summed E-state index contributed by atoms with van der Waals surface area (Å²) in [6, 6.07) is 10.3. The van der Waals surface area contributed by atoms with E-state index in [9.17, 15) is 0 Å². The first-order valence-electron chi connectivity index (χ1n) is 6.99. The minimum Gasteiger partial charge on any atom is -0.368 e. The maximum absolute atomic E-state index is 6.28. The van der Waals surface area contributed by atoms with Gasteiger partial charge in [0.25, 0.3) is 0 Å². The van der Waals surface area contributed by atoms with Crippen LogP contribution in [0.1, 0.15) is 10.4 Å². The van der Waals surface area contributed by atoms with E-state index < -0.39 is 0 Å². The highest BCUT2D eigenvalue weighted by atomic mass is 35.5. The summed E-state index contributed by atoms with van der Waals surface area (Å²) in [6.45, 7) is 7.58. The second-order valence-electron chi connectivity index (χ2n) is 5.24. The lowest BCUT2D eigenvalue weighted by Crippen LogP contribution is -2.46. The fourth-order valence-electron chi connectivity index (χ4n) is 2.62. The molecular formula is C16H19ClN2S. The molecule has 2 aromatic rings. The number of halogens is 1. The van der Waals surface area contributed by atoms with Crippen LogP contribution in [0.2, 0.25) is 5.02 Å². The lowest BCUT2D eigenvalue weighted by atomic mass is 10.2. The van der Waals surface area contributed by atoms with Crippen molar-refractivity contribution in [1.29, 1.82) is 0 Å². The van der Waals surface area contributed by atoms with Crippen molar-refractivity contribution >= 4 is 28.6 Å². The van der Waals surface area contributed by atoms with Crippen LogP contribution in [0.15, 0.2) is 35.7 Å². The molecule has 0 N–H and O–H groups in total. The summed E-state index contributed by atoms with van der Waals surface area (Å²) in [4.78, 5) is 6.42. The highest BCUT2D eigenvalue weighted by molar-refractivity contribution is 7.10. The van der Waals surface area contributed by atoms with Crippen LogP contribution in [-0.4, -0.2) is 31.1 Å². The molecule has 1 saturated heterocycles. The molecule has 3 rings (SSSR count). The lowest BCUT2D eigenvalue weighted by molar-refractivity contribution is 0.251. The van der Waals surface area contributed by atoms with Crippen LogP contribution >= 0.6 is 22.9 Å². The van der Waals surface area contributed by atoms with E-state index in [-0.39, 0.29) is 0 Å². The molecule has 0 aliphatic carbocycles. The Morgan fingerprint density at radius 3 is 2.50 bits per heavy atom. The molecule has 106 valence electrons. The Morgan fingerprint density at radius 2 is 1.85 bits per heavy atom. The Morgan fingerprint density at radius 1 is 1.10 bits per heavy atom. The van der Waals surface area contributed by atoms with Crippen molar-refractivity contribution in [3.8, 4) is 0 Å². The van der Waals surface area contributed by atoms with Crippen molar-refractivity contribution in [3.05, 3.63) is 51.2 Å². The van der Waals surface area contributed by atoms with E-state index in [0.29, 0.717) is 0 Å². The van der Waals surface area contributed by atoms with E-state index in [2.05, 4.69) is 40.3 Å². The predicted octanol–water partition coefficient (Wildman–Crippen LogP) is 4.03. The molecule has 2 nitrogen and oxygen atoms in total. The van der Waals surface area contributed by atoms with Gasteiger partial charge in [0.2, 0.25) is 0 Å². The summed E-state index contributed by atoms with van der Waals surface area (Å²) >= 11 is 8.14. The van der Waals surface area contributed by atoms with Gasteiger partial charge < -0.3 is 4.90 Å². The number of hydrogen-bond donors (Lipinski definition) is 0. The summed E-state index contributed by atoms with van der Waals surface area (Å²) in [6.07, 6.45) is 0. The topological polar surface area (TPSA) is 6.48 Å². The maximum atomic E-state index is 6.28. The molecule has 2 heterocycles. The van der Waals surface area contributed by atoms with E-state index >= 15 is 0 Å². The van der Waals surface area contributed by atoms with Gasteiger partial charge in [-0.2, -0.15) is 0 Å². The maximum Gasteiger partial charge on any atom is 0.0639 e. The number of para-hydroxylation sites is 1. The highest BCUT2D eigenvalue weighted by Crippen LogP contribution is 2.26. The number of benzene rings is 1. The monoisotopic (exact) mass is 306 g/mol.